The summed E-state index contributed by atoms with van der Waals surface area (Å²) in [6.07, 6.45) is 0. The Hall–Kier alpha value is -1.22. The van der Waals surface area contributed by atoms with Gasteiger partial charge >= 0.3 is 26.2 Å². The zero-order valence-corrected chi connectivity index (χ0v) is 22.4. The summed E-state index contributed by atoms with van der Waals surface area (Å²) < 4.78 is 2.33. The molecule has 0 amide bonds. The third-order valence-corrected chi connectivity index (χ3v) is 5.07. The number of hydrogen-bond acceptors (Lipinski definition) is 0. The van der Waals surface area contributed by atoms with Gasteiger partial charge < -0.3 is 38.5 Å². The van der Waals surface area contributed by atoms with Gasteiger partial charge in [0.05, 0.1) is 5.52 Å². The first-order chi connectivity index (χ1) is 12.6. The molecule has 0 aliphatic carbocycles. The fraction of sp³-hybridized carbons (Fsp3) is 0.120. The fourth-order valence-electron chi connectivity index (χ4n) is 3.50. The number of halogens is 2. The zero-order chi connectivity index (χ0) is 18.1. The standard InChI is InChI=1S/C18H14N.C7H9.2BrH.Zr/c1-13-10-16-8-4-5-9-18(16)19(13)17-11-14-6-2-3-7-15(14)12-17;1-6-4-3-5-7(6)2;;;/h2-12H,1H3;3-5H,1-2H3;2*1H;/q2*-1;;;+4/p-2. The van der Waals surface area contributed by atoms with Crippen molar-refractivity contribution in [3.8, 4) is 5.69 Å². The minimum absolute atomic E-state index is 0. The van der Waals surface area contributed by atoms with E-state index >= 15 is 0 Å². The molecular weight excluding hydrogens is 565 g/mol. The molecule has 0 aliphatic heterocycles. The van der Waals surface area contributed by atoms with Crippen LogP contribution in [-0.4, -0.2) is 4.57 Å². The molecule has 5 aromatic rings. The van der Waals surface area contributed by atoms with Crippen molar-refractivity contribution in [2.45, 2.75) is 20.8 Å². The fourth-order valence-corrected chi connectivity index (χ4v) is 3.50. The van der Waals surface area contributed by atoms with Gasteiger partial charge in [-0.25, -0.2) is 12.1 Å². The Labute approximate surface area is 213 Å². The van der Waals surface area contributed by atoms with Gasteiger partial charge in [0.25, 0.3) is 0 Å². The number of benzene rings is 2. The second kappa shape index (κ2) is 11.2. The van der Waals surface area contributed by atoms with Crippen LogP contribution in [0.4, 0.5) is 0 Å². The van der Waals surface area contributed by atoms with Crippen molar-refractivity contribution in [1.82, 2.24) is 4.57 Å². The Bertz CT molecular complexity index is 1130. The molecule has 4 heteroatoms. The van der Waals surface area contributed by atoms with Crippen LogP contribution < -0.4 is 34.0 Å². The maximum Gasteiger partial charge on any atom is 4.00 e. The van der Waals surface area contributed by atoms with Crippen LogP contribution >= 0.6 is 0 Å². The Morgan fingerprint density at radius 2 is 1.45 bits per heavy atom. The Morgan fingerprint density at radius 1 is 0.793 bits per heavy atom. The van der Waals surface area contributed by atoms with Crippen LogP contribution in [0.2, 0.25) is 0 Å². The van der Waals surface area contributed by atoms with E-state index < -0.39 is 0 Å². The van der Waals surface area contributed by atoms with Gasteiger partial charge in [-0.3, -0.25) is 0 Å². The Kier molecular flexibility index (Phi) is 10.0. The molecule has 0 aliphatic rings. The molecule has 0 radical (unpaired) electrons. The first-order valence-corrected chi connectivity index (χ1v) is 9.05. The van der Waals surface area contributed by atoms with Crippen molar-refractivity contribution in [3.05, 3.63) is 102 Å². The average molecular weight is 588 g/mol. The molecule has 0 saturated carbocycles. The van der Waals surface area contributed by atoms with Crippen LogP contribution in [0.5, 0.6) is 0 Å². The van der Waals surface area contributed by atoms with Gasteiger partial charge in [0.1, 0.15) is 0 Å². The minimum atomic E-state index is 0. The molecule has 5 rings (SSSR count). The summed E-state index contributed by atoms with van der Waals surface area (Å²) in [6, 6.07) is 30.1. The number of aryl methyl sites for hydroxylation is 3. The van der Waals surface area contributed by atoms with Crippen LogP contribution in [0, 0.1) is 20.8 Å². The topological polar surface area (TPSA) is 4.93 Å². The summed E-state index contributed by atoms with van der Waals surface area (Å²) in [5.41, 5.74) is 6.58. The maximum atomic E-state index is 2.33. The molecule has 146 valence electrons. The molecule has 4 aromatic carbocycles. The van der Waals surface area contributed by atoms with Gasteiger partial charge in [-0.1, -0.05) is 38.1 Å². The molecular formula is C25H23Br2NZr. The summed E-state index contributed by atoms with van der Waals surface area (Å²) >= 11 is 0. The van der Waals surface area contributed by atoms with Crippen LogP contribution in [0.15, 0.2) is 84.9 Å². The van der Waals surface area contributed by atoms with Gasteiger partial charge in [-0.2, -0.15) is 17.2 Å². The summed E-state index contributed by atoms with van der Waals surface area (Å²) in [5, 5.41) is 3.90. The molecule has 1 heterocycles. The normalized spacial score (nSPS) is 9.76. The van der Waals surface area contributed by atoms with E-state index in [1.165, 1.54) is 44.2 Å². The van der Waals surface area contributed by atoms with E-state index in [0.717, 1.165) is 0 Å². The second-order valence-corrected chi connectivity index (χ2v) is 6.91. The minimum Gasteiger partial charge on any atom is -1.00 e. The molecule has 0 saturated heterocycles. The van der Waals surface area contributed by atoms with Gasteiger partial charge in [-0.15, -0.1) is 41.1 Å². The molecule has 0 unspecified atom stereocenters. The van der Waals surface area contributed by atoms with Crippen LogP contribution in [0.25, 0.3) is 27.4 Å². The van der Waals surface area contributed by atoms with E-state index in [-0.39, 0.29) is 60.2 Å². The summed E-state index contributed by atoms with van der Waals surface area (Å²) in [5.74, 6) is 0. The second-order valence-electron chi connectivity index (χ2n) is 6.91. The maximum absolute atomic E-state index is 2.33. The summed E-state index contributed by atoms with van der Waals surface area (Å²) in [6.45, 7) is 6.41. The SMILES string of the molecule is Cc1cc2ccccc2n1-c1cc2ccccc2[cH-]1.Cc1ccc[c-]1C.[Br-].[Br-].[Zr+4]. The number of nitrogens with zero attached hydrogens (tertiary/aromatic N) is 1. The smallest absolute Gasteiger partial charge is 1.00 e. The molecule has 0 N–H and O–H groups in total. The molecule has 1 aromatic heterocycles. The molecule has 0 spiro atoms. The Balaban J connectivity index is 0.000000365. The first kappa shape index (κ1) is 25.8. The van der Waals surface area contributed by atoms with Gasteiger partial charge in [0.15, 0.2) is 0 Å². The van der Waals surface area contributed by atoms with Crippen molar-refractivity contribution in [2.75, 3.05) is 0 Å². The Morgan fingerprint density at radius 3 is 2.03 bits per heavy atom. The molecule has 0 fully saturated rings. The van der Waals surface area contributed by atoms with Crippen molar-refractivity contribution in [3.63, 3.8) is 0 Å². The monoisotopic (exact) mass is 585 g/mol. The van der Waals surface area contributed by atoms with Crippen LogP contribution in [0.1, 0.15) is 16.8 Å². The van der Waals surface area contributed by atoms with E-state index in [9.17, 15) is 0 Å². The number of para-hydroxylation sites is 1. The van der Waals surface area contributed by atoms with Crippen molar-refractivity contribution >= 4 is 21.7 Å². The molecule has 1 nitrogen and oxygen atoms in total. The van der Waals surface area contributed by atoms with Gasteiger partial charge in [-0.05, 0) is 24.7 Å². The molecule has 0 atom stereocenters. The average Bonchev–Trinajstić information content (AvgIpc) is 3.31. The molecule has 0 bridgehead atoms. The van der Waals surface area contributed by atoms with Gasteiger partial charge in [0.2, 0.25) is 0 Å². The first-order valence-electron chi connectivity index (χ1n) is 9.05. The van der Waals surface area contributed by atoms with Crippen LogP contribution in [-0.2, 0) is 26.2 Å². The predicted octanol–water partition coefficient (Wildman–Crippen LogP) is 0.839. The van der Waals surface area contributed by atoms with Crippen molar-refractivity contribution in [2.24, 2.45) is 0 Å². The third kappa shape index (κ3) is 5.48. The van der Waals surface area contributed by atoms with E-state index in [0.29, 0.717) is 0 Å². The van der Waals surface area contributed by atoms with Crippen molar-refractivity contribution < 1.29 is 60.2 Å². The predicted molar refractivity (Wildman–Crippen MR) is 113 cm³/mol. The quantitative estimate of drug-likeness (QED) is 0.256. The zero-order valence-electron chi connectivity index (χ0n) is 16.8. The van der Waals surface area contributed by atoms with E-state index in [4.69, 9.17) is 0 Å². The summed E-state index contributed by atoms with van der Waals surface area (Å²) in [7, 11) is 0. The van der Waals surface area contributed by atoms with Crippen molar-refractivity contribution in [1.29, 1.82) is 0 Å². The van der Waals surface area contributed by atoms with E-state index in [1.807, 2.05) is 0 Å². The number of fused-ring (bicyclic) bond motifs is 2. The number of rotatable bonds is 1. The van der Waals surface area contributed by atoms with E-state index in [1.54, 1.807) is 0 Å². The molecule has 29 heavy (non-hydrogen) atoms. The number of hydrogen-bond donors (Lipinski definition) is 0. The van der Waals surface area contributed by atoms with Gasteiger partial charge in [0, 0.05) is 11.1 Å². The number of aromatic nitrogens is 1. The largest absolute Gasteiger partial charge is 4.00 e. The van der Waals surface area contributed by atoms with Crippen LogP contribution in [0.3, 0.4) is 0 Å². The third-order valence-electron chi connectivity index (χ3n) is 5.07. The summed E-state index contributed by atoms with van der Waals surface area (Å²) in [4.78, 5) is 0. The van der Waals surface area contributed by atoms with E-state index in [2.05, 4.69) is 110 Å².